The zero-order valence-corrected chi connectivity index (χ0v) is 7.64. The van der Waals surface area contributed by atoms with Gasteiger partial charge in [-0.15, -0.1) is 6.42 Å². The maximum absolute atomic E-state index is 5.80. The van der Waals surface area contributed by atoms with Crippen LogP contribution in [0.2, 0.25) is 0 Å². The van der Waals surface area contributed by atoms with Crippen LogP contribution in [-0.2, 0) is 0 Å². The first kappa shape index (κ1) is 8.74. The fraction of sp³-hybridized carbons (Fsp3) is 0.0833. The van der Waals surface area contributed by atoms with E-state index in [0.717, 1.165) is 16.5 Å². The number of benzene rings is 1. The van der Waals surface area contributed by atoms with Crippen molar-refractivity contribution in [2.24, 2.45) is 5.73 Å². The summed E-state index contributed by atoms with van der Waals surface area (Å²) in [4.78, 5) is 4.23. The molecule has 1 heterocycles. The van der Waals surface area contributed by atoms with E-state index in [0.29, 0.717) is 0 Å². The van der Waals surface area contributed by atoms with Crippen LogP contribution in [0.15, 0.2) is 36.5 Å². The van der Waals surface area contributed by atoms with Crippen LogP contribution in [0.5, 0.6) is 0 Å². The Hall–Kier alpha value is -1.85. The van der Waals surface area contributed by atoms with E-state index in [1.54, 1.807) is 6.20 Å². The summed E-state index contributed by atoms with van der Waals surface area (Å²) in [6.45, 7) is 0. The SMILES string of the molecule is C#CC(N)c1ccnc2ccccc12. The van der Waals surface area contributed by atoms with Crippen LogP contribution in [0.3, 0.4) is 0 Å². The van der Waals surface area contributed by atoms with Gasteiger partial charge in [0.2, 0.25) is 0 Å². The van der Waals surface area contributed by atoms with Gasteiger partial charge in [-0.05, 0) is 17.7 Å². The standard InChI is InChI=1S/C12H10N2/c1-2-11(13)9-7-8-14-12-6-4-3-5-10(9)12/h1,3-8,11H,13H2. The average molecular weight is 182 g/mol. The number of rotatable bonds is 1. The summed E-state index contributed by atoms with van der Waals surface area (Å²) in [5.41, 5.74) is 7.68. The first-order chi connectivity index (χ1) is 6.83. The smallest absolute Gasteiger partial charge is 0.0925 e. The molecule has 0 saturated carbocycles. The third-order valence-electron chi connectivity index (χ3n) is 2.20. The Morgan fingerprint density at radius 1 is 1.29 bits per heavy atom. The van der Waals surface area contributed by atoms with E-state index in [4.69, 9.17) is 12.2 Å². The third kappa shape index (κ3) is 1.34. The molecular weight excluding hydrogens is 172 g/mol. The highest BCUT2D eigenvalue weighted by atomic mass is 14.7. The first-order valence-corrected chi connectivity index (χ1v) is 4.38. The van der Waals surface area contributed by atoms with Gasteiger partial charge in [0, 0.05) is 11.6 Å². The Labute approximate surface area is 82.8 Å². The fourth-order valence-electron chi connectivity index (χ4n) is 1.48. The summed E-state index contributed by atoms with van der Waals surface area (Å²) in [5, 5.41) is 1.03. The molecule has 2 rings (SSSR count). The van der Waals surface area contributed by atoms with Gasteiger partial charge in [-0.25, -0.2) is 0 Å². The van der Waals surface area contributed by atoms with Gasteiger partial charge in [0.1, 0.15) is 0 Å². The van der Waals surface area contributed by atoms with Gasteiger partial charge in [0.15, 0.2) is 0 Å². The first-order valence-electron chi connectivity index (χ1n) is 4.38. The predicted octanol–water partition coefficient (Wildman–Crippen LogP) is 1.87. The summed E-state index contributed by atoms with van der Waals surface area (Å²) in [5.74, 6) is 2.52. The molecular formula is C12H10N2. The van der Waals surface area contributed by atoms with Gasteiger partial charge in [-0.3, -0.25) is 4.98 Å². The number of terminal acetylenes is 1. The van der Waals surface area contributed by atoms with Crippen LogP contribution >= 0.6 is 0 Å². The molecule has 2 nitrogen and oxygen atoms in total. The van der Waals surface area contributed by atoms with Crippen LogP contribution in [0.25, 0.3) is 10.9 Å². The second kappa shape index (κ2) is 3.49. The second-order valence-electron chi connectivity index (χ2n) is 3.06. The van der Waals surface area contributed by atoms with Crippen molar-refractivity contribution in [1.29, 1.82) is 0 Å². The second-order valence-corrected chi connectivity index (χ2v) is 3.06. The zero-order chi connectivity index (χ0) is 9.97. The van der Waals surface area contributed by atoms with Crippen molar-refractivity contribution in [3.05, 3.63) is 42.1 Å². The lowest BCUT2D eigenvalue weighted by atomic mass is 10.0. The minimum atomic E-state index is -0.358. The molecule has 0 aliphatic heterocycles. The zero-order valence-electron chi connectivity index (χ0n) is 7.64. The molecule has 2 N–H and O–H groups in total. The Morgan fingerprint density at radius 3 is 2.86 bits per heavy atom. The number of pyridine rings is 1. The number of para-hydroxylation sites is 1. The van der Waals surface area contributed by atoms with Gasteiger partial charge >= 0.3 is 0 Å². The molecule has 2 aromatic rings. The van der Waals surface area contributed by atoms with Crippen LogP contribution in [-0.4, -0.2) is 4.98 Å². The summed E-state index contributed by atoms with van der Waals surface area (Å²) < 4.78 is 0. The van der Waals surface area contributed by atoms with Crippen molar-refractivity contribution < 1.29 is 0 Å². The maximum Gasteiger partial charge on any atom is 0.0925 e. The molecule has 0 saturated heterocycles. The number of hydrogen-bond acceptors (Lipinski definition) is 2. The molecule has 0 aliphatic rings. The highest BCUT2D eigenvalue weighted by Crippen LogP contribution is 2.20. The molecule has 68 valence electrons. The normalized spacial score (nSPS) is 12.3. The lowest BCUT2D eigenvalue weighted by molar-refractivity contribution is 0.955. The lowest BCUT2D eigenvalue weighted by Crippen LogP contribution is -2.07. The summed E-state index contributed by atoms with van der Waals surface area (Å²) >= 11 is 0. The minimum Gasteiger partial charge on any atom is -0.314 e. The van der Waals surface area contributed by atoms with E-state index in [1.807, 2.05) is 30.3 Å². The molecule has 0 spiro atoms. The van der Waals surface area contributed by atoms with E-state index in [9.17, 15) is 0 Å². The Balaban J connectivity index is 2.72. The van der Waals surface area contributed by atoms with Crippen molar-refractivity contribution in [3.63, 3.8) is 0 Å². The molecule has 2 heteroatoms. The van der Waals surface area contributed by atoms with E-state index >= 15 is 0 Å². The largest absolute Gasteiger partial charge is 0.314 e. The number of nitrogens with zero attached hydrogens (tertiary/aromatic N) is 1. The van der Waals surface area contributed by atoms with Gasteiger partial charge in [-0.2, -0.15) is 0 Å². The lowest BCUT2D eigenvalue weighted by Gasteiger charge is -2.07. The van der Waals surface area contributed by atoms with Gasteiger partial charge in [0.25, 0.3) is 0 Å². The Morgan fingerprint density at radius 2 is 2.07 bits per heavy atom. The summed E-state index contributed by atoms with van der Waals surface area (Å²) in [6.07, 6.45) is 7.03. The molecule has 0 bridgehead atoms. The minimum absolute atomic E-state index is 0.358. The highest BCUT2D eigenvalue weighted by Gasteiger charge is 2.06. The molecule has 0 amide bonds. The molecule has 1 aromatic carbocycles. The van der Waals surface area contributed by atoms with E-state index in [2.05, 4.69) is 10.9 Å². The molecule has 1 atom stereocenters. The molecule has 0 aliphatic carbocycles. The number of hydrogen-bond donors (Lipinski definition) is 1. The number of aromatic nitrogens is 1. The Bertz CT molecular complexity index is 492. The van der Waals surface area contributed by atoms with Crippen LogP contribution in [0.4, 0.5) is 0 Å². The van der Waals surface area contributed by atoms with Crippen molar-refractivity contribution in [3.8, 4) is 12.3 Å². The quantitative estimate of drug-likeness (QED) is 0.684. The van der Waals surface area contributed by atoms with E-state index < -0.39 is 0 Å². The molecule has 0 fully saturated rings. The maximum atomic E-state index is 5.80. The topological polar surface area (TPSA) is 38.9 Å². The van der Waals surface area contributed by atoms with Gasteiger partial charge < -0.3 is 5.73 Å². The van der Waals surface area contributed by atoms with Gasteiger partial charge in [-0.1, -0.05) is 24.1 Å². The van der Waals surface area contributed by atoms with E-state index in [1.165, 1.54) is 0 Å². The highest BCUT2D eigenvalue weighted by molar-refractivity contribution is 5.82. The van der Waals surface area contributed by atoms with Crippen molar-refractivity contribution in [2.45, 2.75) is 6.04 Å². The third-order valence-corrected chi connectivity index (χ3v) is 2.20. The number of nitrogens with two attached hydrogens (primary N) is 1. The monoisotopic (exact) mass is 182 g/mol. The van der Waals surface area contributed by atoms with Crippen molar-refractivity contribution in [2.75, 3.05) is 0 Å². The van der Waals surface area contributed by atoms with Crippen LogP contribution in [0.1, 0.15) is 11.6 Å². The van der Waals surface area contributed by atoms with Crippen molar-refractivity contribution in [1.82, 2.24) is 4.98 Å². The average Bonchev–Trinajstić information content (AvgIpc) is 2.27. The van der Waals surface area contributed by atoms with E-state index in [-0.39, 0.29) is 6.04 Å². The Kier molecular flexibility index (Phi) is 2.18. The fourth-order valence-corrected chi connectivity index (χ4v) is 1.48. The molecule has 14 heavy (non-hydrogen) atoms. The molecule has 0 radical (unpaired) electrons. The van der Waals surface area contributed by atoms with Crippen LogP contribution < -0.4 is 5.73 Å². The summed E-state index contributed by atoms with van der Waals surface area (Å²) in [7, 11) is 0. The summed E-state index contributed by atoms with van der Waals surface area (Å²) in [6, 6.07) is 9.34. The molecule has 1 unspecified atom stereocenters. The molecule has 1 aromatic heterocycles. The van der Waals surface area contributed by atoms with Crippen molar-refractivity contribution >= 4 is 10.9 Å². The predicted molar refractivity (Wildman–Crippen MR) is 57.5 cm³/mol. The number of fused-ring (bicyclic) bond motifs is 1. The van der Waals surface area contributed by atoms with Crippen LogP contribution in [0, 0.1) is 12.3 Å². The van der Waals surface area contributed by atoms with Gasteiger partial charge in [0.05, 0.1) is 11.6 Å².